The van der Waals surface area contributed by atoms with Crippen molar-refractivity contribution in [1.82, 2.24) is 0 Å². The maximum atomic E-state index is 2.38. The van der Waals surface area contributed by atoms with Gasteiger partial charge < -0.3 is 0 Å². The summed E-state index contributed by atoms with van der Waals surface area (Å²) in [5, 5.41) is 0. The Morgan fingerprint density at radius 2 is 2.07 bits per heavy atom. The molecule has 0 saturated carbocycles. The molecule has 2 unspecified atom stereocenters. The minimum atomic E-state index is 0.751. The lowest BCUT2D eigenvalue weighted by molar-refractivity contribution is 0.395. The second kappa shape index (κ2) is 5.38. The van der Waals surface area contributed by atoms with E-state index in [-0.39, 0.29) is 0 Å². The summed E-state index contributed by atoms with van der Waals surface area (Å²) >= 11 is 0. The predicted octanol–water partition coefficient (Wildman–Crippen LogP) is 4.73. The molecule has 0 bridgehead atoms. The van der Waals surface area contributed by atoms with Crippen molar-refractivity contribution in [2.45, 2.75) is 53.4 Å². The summed E-state index contributed by atoms with van der Waals surface area (Å²) in [4.78, 5) is 0. The van der Waals surface area contributed by atoms with Crippen LogP contribution in [0.2, 0.25) is 0 Å². The summed E-state index contributed by atoms with van der Waals surface area (Å²) in [6.45, 7) is 9.19. The molecule has 1 aliphatic carbocycles. The topological polar surface area (TPSA) is 0 Å². The van der Waals surface area contributed by atoms with E-state index in [1.54, 1.807) is 5.57 Å². The van der Waals surface area contributed by atoms with Crippen LogP contribution in [-0.4, -0.2) is 0 Å². The van der Waals surface area contributed by atoms with Gasteiger partial charge in [0.1, 0.15) is 0 Å². The van der Waals surface area contributed by atoms with Gasteiger partial charge in [-0.25, -0.2) is 0 Å². The first-order valence-corrected chi connectivity index (χ1v) is 5.98. The number of rotatable bonds is 1. The number of hydrogen-bond donors (Lipinski definition) is 0. The number of allylic oxidation sites excluding steroid dienone is 4. The molecule has 0 heteroatoms. The molecule has 0 nitrogen and oxygen atoms in total. The minimum absolute atomic E-state index is 0.751. The highest BCUT2D eigenvalue weighted by Gasteiger charge is 2.11. The van der Waals surface area contributed by atoms with Crippen molar-refractivity contribution in [3.05, 3.63) is 23.3 Å². The summed E-state index contributed by atoms with van der Waals surface area (Å²) in [5.41, 5.74) is 3.06. The number of hydrogen-bond acceptors (Lipinski definition) is 0. The van der Waals surface area contributed by atoms with Crippen molar-refractivity contribution in [2.75, 3.05) is 0 Å². The fourth-order valence-corrected chi connectivity index (χ4v) is 2.16. The van der Waals surface area contributed by atoms with Crippen LogP contribution in [0.5, 0.6) is 0 Å². The van der Waals surface area contributed by atoms with Crippen molar-refractivity contribution in [2.24, 2.45) is 11.8 Å². The predicted molar refractivity (Wildman–Crippen MR) is 64.3 cm³/mol. The zero-order valence-electron chi connectivity index (χ0n) is 10.1. The maximum Gasteiger partial charge on any atom is -0.0256 e. The highest BCUT2D eigenvalue weighted by Crippen LogP contribution is 2.26. The van der Waals surface area contributed by atoms with Crippen LogP contribution in [0, 0.1) is 11.8 Å². The third-order valence-electron chi connectivity index (χ3n) is 3.56. The quantitative estimate of drug-likeness (QED) is 0.563. The van der Waals surface area contributed by atoms with E-state index in [0.717, 1.165) is 11.8 Å². The fourth-order valence-electron chi connectivity index (χ4n) is 2.16. The van der Waals surface area contributed by atoms with Crippen LogP contribution in [-0.2, 0) is 0 Å². The van der Waals surface area contributed by atoms with Gasteiger partial charge in [0.05, 0.1) is 0 Å². The van der Waals surface area contributed by atoms with Gasteiger partial charge in [-0.3, -0.25) is 0 Å². The van der Waals surface area contributed by atoms with Crippen molar-refractivity contribution >= 4 is 0 Å². The van der Waals surface area contributed by atoms with Crippen LogP contribution in [0.25, 0.3) is 0 Å². The Morgan fingerprint density at radius 1 is 1.36 bits per heavy atom. The molecule has 0 radical (unpaired) electrons. The summed E-state index contributed by atoms with van der Waals surface area (Å²) in [6.07, 6.45) is 10.1. The third-order valence-corrected chi connectivity index (χ3v) is 3.56. The average molecular weight is 192 g/mol. The molecule has 0 saturated heterocycles. The van der Waals surface area contributed by atoms with E-state index >= 15 is 0 Å². The normalized spacial score (nSPS) is 29.7. The van der Waals surface area contributed by atoms with Gasteiger partial charge in [-0.15, -0.1) is 0 Å². The van der Waals surface area contributed by atoms with Gasteiger partial charge in [0.25, 0.3) is 0 Å². The Balaban J connectivity index is 2.74. The van der Waals surface area contributed by atoms with Gasteiger partial charge in [-0.05, 0) is 44.9 Å². The van der Waals surface area contributed by atoms with Crippen molar-refractivity contribution in [3.63, 3.8) is 0 Å². The molecular weight excluding hydrogens is 168 g/mol. The van der Waals surface area contributed by atoms with Crippen molar-refractivity contribution in [3.8, 4) is 0 Å². The Kier molecular flexibility index (Phi) is 4.44. The van der Waals surface area contributed by atoms with E-state index in [2.05, 4.69) is 39.8 Å². The van der Waals surface area contributed by atoms with Crippen LogP contribution in [0.1, 0.15) is 53.4 Å². The first-order chi connectivity index (χ1) is 6.63. The van der Waals surface area contributed by atoms with Crippen molar-refractivity contribution < 1.29 is 0 Å². The van der Waals surface area contributed by atoms with Crippen molar-refractivity contribution in [1.29, 1.82) is 0 Å². The molecule has 0 aromatic heterocycles. The highest BCUT2D eigenvalue weighted by molar-refractivity contribution is 5.23. The summed E-state index contributed by atoms with van der Waals surface area (Å²) in [5.74, 6) is 1.68. The first kappa shape index (κ1) is 11.6. The molecule has 0 aliphatic heterocycles. The Morgan fingerprint density at radius 3 is 2.71 bits per heavy atom. The van der Waals surface area contributed by atoms with Gasteiger partial charge in [-0.1, -0.05) is 43.6 Å². The minimum Gasteiger partial charge on any atom is -0.0814 e. The van der Waals surface area contributed by atoms with E-state index in [1.165, 1.54) is 31.3 Å². The molecule has 0 spiro atoms. The SMILES string of the molecule is CCC1CCC(C)=C(C)C=CC(C)C1. The first-order valence-electron chi connectivity index (χ1n) is 5.98. The molecular formula is C14H24. The van der Waals surface area contributed by atoms with E-state index in [9.17, 15) is 0 Å². The zero-order chi connectivity index (χ0) is 10.6. The second-order valence-electron chi connectivity index (χ2n) is 4.85. The van der Waals surface area contributed by atoms with Crippen LogP contribution in [0.4, 0.5) is 0 Å². The molecule has 80 valence electrons. The third kappa shape index (κ3) is 3.32. The largest absolute Gasteiger partial charge is 0.0814 e. The Hall–Kier alpha value is -0.520. The van der Waals surface area contributed by atoms with Gasteiger partial charge in [-0.2, -0.15) is 0 Å². The zero-order valence-corrected chi connectivity index (χ0v) is 10.1. The maximum absolute atomic E-state index is 2.38. The van der Waals surface area contributed by atoms with Gasteiger partial charge in [0.15, 0.2) is 0 Å². The average Bonchev–Trinajstić information content (AvgIpc) is 2.23. The lowest BCUT2D eigenvalue weighted by Gasteiger charge is -2.16. The second-order valence-corrected chi connectivity index (χ2v) is 4.85. The summed E-state index contributed by atoms with van der Waals surface area (Å²) in [6, 6.07) is 0. The lowest BCUT2D eigenvalue weighted by Crippen LogP contribution is -2.03. The highest BCUT2D eigenvalue weighted by atomic mass is 14.2. The Labute approximate surface area is 89.1 Å². The van der Waals surface area contributed by atoms with Gasteiger partial charge in [0, 0.05) is 0 Å². The summed E-state index contributed by atoms with van der Waals surface area (Å²) < 4.78 is 0. The smallest absolute Gasteiger partial charge is 0.0256 e. The molecule has 14 heavy (non-hydrogen) atoms. The van der Waals surface area contributed by atoms with Gasteiger partial charge >= 0.3 is 0 Å². The molecule has 0 aromatic rings. The molecule has 1 rings (SSSR count). The standard InChI is InChI=1S/C14H24/c1-5-14-9-8-13(4)12(3)7-6-11(2)10-14/h6-7,11,14H,5,8-10H2,1-4H3. The molecule has 0 amide bonds. The van der Waals surface area contributed by atoms with E-state index < -0.39 is 0 Å². The molecule has 0 aromatic carbocycles. The van der Waals surface area contributed by atoms with Crippen LogP contribution in [0.15, 0.2) is 23.3 Å². The van der Waals surface area contributed by atoms with Crippen LogP contribution < -0.4 is 0 Å². The molecule has 0 N–H and O–H groups in total. The van der Waals surface area contributed by atoms with Crippen LogP contribution >= 0.6 is 0 Å². The van der Waals surface area contributed by atoms with E-state index in [4.69, 9.17) is 0 Å². The monoisotopic (exact) mass is 192 g/mol. The summed E-state index contributed by atoms with van der Waals surface area (Å²) in [7, 11) is 0. The molecule has 2 atom stereocenters. The lowest BCUT2D eigenvalue weighted by atomic mass is 9.89. The van der Waals surface area contributed by atoms with E-state index in [1.807, 2.05) is 0 Å². The Bertz CT molecular complexity index is 232. The van der Waals surface area contributed by atoms with Crippen LogP contribution in [0.3, 0.4) is 0 Å². The fraction of sp³-hybridized carbons (Fsp3) is 0.714. The van der Waals surface area contributed by atoms with E-state index in [0.29, 0.717) is 0 Å². The molecule has 0 fully saturated rings. The van der Waals surface area contributed by atoms with Gasteiger partial charge in [0.2, 0.25) is 0 Å². The molecule has 0 heterocycles. The molecule has 1 aliphatic rings.